The van der Waals surface area contributed by atoms with Gasteiger partial charge in [0.25, 0.3) is 0 Å². The molecule has 11 aromatic rings. The highest BCUT2D eigenvalue weighted by Gasteiger charge is 2.46. The highest BCUT2D eigenvalue weighted by molar-refractivity contribution is 6.22. The number of hydrogen-bond acceptors (Lipinski definition) is 2. The van der Waals surface area contributed by atoms with E-state index in [9.17, 15) is 0 Å². The Kier molecular flexibility index (Phi) is 9.53. The van der Waals surface area contributed by atoms with Gasteiger partial charge in [0.2, 0.25) is 0 Å². The highest BCUT2D eigenvalue weighted by Crippen LogP contribution is 2.57. The van der Waals surface area contributed by atoms with Crippen LogP contribution in [0.25, 0.3) is 77.2 Å². The lowest BCUT2D eigenvalue weighted by atomic mass is 9.67. The predicted octanol–water partition coefficient (Wildman–Crippen LogP) is 17.6. The molecular weight excluding hydrogens is 811 g/mol. The number of benzene rings is 10. The van der Waals surface area contributed by atoms with Gasteiger partial charge in [-0.1, -0.05) is 213 Å². The third kappa shape index (κ3) is 6.31. The Morgan fingerprint density at radius 3 is 1.70 bits per heavy atom. The van der Waals surface area contributed by atoms with Gasteiger partial charge in [0.15, 0.2) is 0 Å². The van der Waals surface area contributed by atoms with Crippen LogP contribution in [0.3, 0.4) is 0 Å². The molecule has 2 aliphatic rings. The fourth-order valence-corrected chi connectivity index (χ4v) is 12.0. The van der Waals surface area contributed by atoms with Crippen molar-refractivity contribution in [1.82, 2.24) is 0 Å². The molecule has 320 valence electrons. The van der Waals surface area contributed by atoms with E-state index in [0.29, 0.717) is 6.04 Å². The minimum Gasteiger partial charge on any atom is -0.455 e. The van der Waals surface area contributed by atoms with Gasteiger partial charge in [0.05, 0.1) is 16.5 Å². The van der Waals surface area contributed by atoms with Crippen LogP contribution in [-0.2, 0) is 5.41 Å². The maximum atomic E-state index is 7.02. The van der Waals surface area contributed by atoms with Crippen molar-refractivity contribution in [1.29, 1.82) is 0 Å². The second-order valence-corrected chi connectivity index (χ2v) is 18.5. The van der Waals surface area contributed by atoms with Gasteiger partial charge in [0.1, 0.15) is 11.2 Å². The summed E-state index contributed by atoms with van der Waals surface area (Å²) in [5.41, 5.74) is 18.8. The molecule has 1 heterocycles. The van der Waals surface area contributed by atoms with Gasteiger partial charge >= 0.3 is 0 Å². The second kappa shape index (κ2) is 16.2. The molecule has 2 nitrogen and oxygen atoms in total. The molecule has 0 unspecified atom stereocenters. The van der Waals surface area contributed by atoms with E-state index in [1.807, 2.05) is 0 Å². The average molecular weight is 860 g/mol. The first-order valence-electron chi connectivity index (χ1n) is 24.0. The van der Waals surface area contributed by atoms with Crippen LogP contribution in [0.4, 0.5) is 11.4 Å². The Bertz CT molecular complexity index is 3560. The monoisotopic (exact) mass is 859 g/mol. The Morgan fingerprint density at radius 1 is 0.388 bits per heavy atom. The van der Waals surface area contributed by atoms with Gasteiger partial charge in [-0.25, -0.2) is 0 Å². The van der Waals surface area contributed by atoms with Crippen molar-refractivity contribution in [3.8, 4) is 44.5 Å². The van der Waals surface area contributed by atoms with Crippen molar-refractivity contribution >= 4 is 44.1 Å². The summed E-state index contributed by atoms with van der Waals surface area (Å²) in [5, 5.41) is 4.62. The third-order valence-electron chi connectivity index (χ3n) is 14.9. The Hall–Kier alpha value is -7.94. The first-order chi connectivity index (χ1) is 33.3. The molecule has 0 atom stereocenters. The molecule has 10 aromatic carbocycles. The van der Waals surface area contributed by atoms with E-state index in [1.54, 1.807) is 0 Å². The van der Waals surface area contributed by atoms with Crippen LogP contribution in [0.2, 0.25) is 0 Å². The Balaban J connectivity index is 1.02. The minimum absolute atomic E-state index is 0.386. The molecule has 0 bridgehead atoms. The maximum absolute atomic E-state index is 7.02. The van der Waals surface area contributed by atoms with E-state index in [0.717, 1.165) is 34.8 Å². The van der Waals surface area contributed by atoms with E-state index in [1.165, 1.54) is 108 Å². The van der Waals surface area contributed by atoms with Crippen LogP contribution in [0.15, 0.2) is 235 Å². The van der Waals surface area contributed by atoms with Crippen LogP contribution >= 0.6 is 0 Å². The van der Waals surface area contributed by atoms with Crippen LogP contribution in [0, 0.1) is 0 Å². The van der Waals surface area contributed by atoms with E-state index in [-0.39, 0.29) is 0 Å². The summed E-state index contributed by atoms with van der Waals surface area (Å²) < 4.78 is 7.02. The molecule has 0 saturated heterocycles. The quantitative estimate of drug-likeness (QED) is 0.151. The topological polar surface area (TPSA) is 16.4 Å². The zero-order chi connectivity index (χ0) is 44.3. The molecule has 0 radical (unpaired) electrons. The largest absolute Gasteiger partial charge is 0.455 e. The van der Waals surface area contributed by atoms with Crippen molar-refractivity contribution in [3.63, 3.8) is 0 Å². The molecule has 2 aliphatic carbocycles. The smallest absolute Gasteiger partial charge is 0.143 e. The molecule has 1 fully saturated rings. The predicted molar refractivity (Wildman–Crippen MR) is 280 cm³/mol. The first-order valence-corrected chi connectivity index (χ1v) is 24.0. The van der Waals surface area contributed by atoms with Crippen molar-refractivity contribution in [3.05, 3.63) is 253 Å². The lowest BCUT2D eigenvalue weighted by Gasteiger charge is -2.36. The van der Waals surface area contributed by atoms with Crippen molar-refractivity contribution in [2.24, 2.45) is 0 Å². The number of furan rings is 1. The standard InChI is InChI=1S/C65H49NO/c1-5-20-44(21-6-1)45-36-39-50(40-37-45)66(49-26-11-4-12-27-49)61-34-19-35-62-63(61)58-43-57(53-30-15-16-32-56(53)64(58)67-62)52-29-14-13-28-51(52)46-38-41-55-54-31-17-18-33-59(54)65(60(55)42-46,47-22-7-2-8-23-47)48-24-9-3-10-25-48/h1-3,5-10,13-25,28-43,49H,4,11-12,26-27H2. The number of anilines is 2. The van der Waals surface area contributed by atoms with Crippen LogP contribution in [0.1, 0.15) is 54.4 Å². The summed E-state index contributed by atoms with van der Waals surface area (Å²) in [5.74, 6) is 0. The normalized spacial score (nSPS) is 14.3. The molecule has 1 saturated carbocycles. The number of rotatable bonds is 8. The molecule has 0 N–H and O–H groups in total. The summed E-state index contributed by atoms with van der Waals surface area (Å²) in [6.07, 6.45) is 6.10. The lowest BCUT2D eigenvalue weighted by Crippen LogP contribution is -2.33. The van der Waals surface area contributed by atoms with Gasteiger partial charge < -0.3 is 9.32 Å². The molecule has 0 spiro atoms. The lowest BCUT2D eigenvalue weighted by molar-refractivity contribution is 0.436. The zero-order valence-electron chi connectivity index (χ0n) is 37.4. The van der Waals surface area contributed by atoms with Gasteiger partial charge in [-0.05, 0) is 121 Å². The van der Waals surface area contributed by atoms with Crippen molar-refractivity contribution in [2.75, 3.05) is 4.90 Å². The first kappa shape index (κ1) is 39.4. The average Bonchev–Trinajstić information content (AvgIpc) is 3.94. The van der Waals surface area contributed by atoms with Gasteiger partial charge in [-0.15, -0.1) is 0 Å². The summed E-state index contributed by atoms with van der Waals surface area (Å²) in [6, 6.07) is 85.7. The maximum Gasteiger partial charge on any atom is 0.143 e. The minimum atomic E-state index is -0.483. The Morgan fingerprint density at radius 2 is 0.970 bits per heavy atom. The van der Waals surface area contributed by atoms with E-state index >= 15 is 0 Å². The van der Waals surface area contributed by atoms with Crippen LogP contribution < -0.4 is 4.90 Å². The van der Waals surface area contributed by atoms with E-state index < -0.39 is 5.41 Å². The summed E-state index contributed by atoms with van der Waals surface area (Å²) >= 11 is 0. The summed E-state index contributed by atoms with van der Waals surface area (Å²) in [6.45, 7) is 0. The van der Waals surface area contributed by atoms with Crippen LogP contribution in [0.5, 0.6) is 0 Å². The summed E-state index contributed by atoms with van der Waals surface area (Å²) in [4.78, 5) is 2.64. The fraction of sp³-hybridized carbons (Fsp3) is 0.108. The number of nitrogens with zero attached hydrogens (tertiary/aromatic N) is 1. The molecule has 13 rings (SSSR count). The van der Waals surface area contributed by atoms with Gasteiger partial charge in [-0.2, -0.15) is 0 Å². The highest BCUT2D eigenvalue weighted by atomic mass is 16.3. The number of hydrogen-bond donors (Lipinski definition) is 0. The van der Waals surface area contributed by atoms with Gasteiger partial charge in [0, 0.05) is 22.5 Å². The van der Waals surface area contributed by atoms with E-state index in [2.05, 4.69) is 235 Å². The molecule has 0 amide bonds. The van der Waals surface area contributed by atoms with E-state index in [4.69, 9.17) is 4.42 Å². The number of fused-ring (bicyclic) bond motifs is 8. The Labute approximate surface area is 392 Å². The SMILES string of the molecule is c1ccc(-c2ccc(N(c3cccc4oc5c6ccccc6c(-c6ccccc6-c6ccc7c(c6)C(c6ccccc6)(c6ccccc6)c6ccccc6-7)cc5c34)C3CCCCC3)cc2)cc1. The van der Waals surface area contributed by atoms with Crippen LogP contribution in [-0.4, -0.2) is 6.04 Å². The van der Waals surface area contributed by atoms with Crippen molar-refractivity contribution < 1.29 is 4.42 Å². The zero-order valence-corrected chi connectivity index (χ0v) is 37.4. The fourth-order valence-electron chi connectivity index (χ4n) is 12.0. The third-order valence-corrected chi connectivity index (χ3v) is 14.9. The molecule has 67 heavy (non-hydrogen) atoms. The van der Waals surface area contributed by atoms with Gasteiger partial charge in [-0.3, -0.25) is 0 Å². The molecular formula is C65H49NO. The molecule has 1 aromatic heterocycles. The molecule has 2 heteroatoms. The summed E-state index contributed by atoms with van der Waals surface area (Å²) in [7, 11) is 0. The molecule has 0 aliphatic heterocycles. The second-order valence-electron chi connectivity index (χ2n) is 18.5. The van der Waals surface area contributed by atoms with Crippen molar-refractivity contribution in [2.45, 2.75) is 43.6 Å².